The van der Waals surface area contributed by atoms with E-state index in [9.17, 15) is 14.4 Å². The third-order valence-corrected chi connectivity index (χ3v) is 3.21. The van der Waals surface area contributed by atoms with E-state index in [-0.39, 0.29) is 17.5 Å². The number of hydrogen-bond acceptors (Lipinski definition) is 3. The Morgan fingerprint density at radius 1 is 1.18 bits per heavy atom. The molecule has 3 N–H and O–H groups in total. The number of rotatable bonds is 5. The molecule has 1 heterocycles. The summed E-state index contributed by atoms with van der Waals surface area (Å²) in [5.41, 5.74) is 1.72. The number of pyridine rings is 1. The molecule has 1 amide bonds. The fourth-order valence-electron chi connectivity index (χ4n) is 2.02. The molecule has 0 aliphatic carbocycles. The SMILES string of the molecule is Cc1ccc([C@H](CC(=O)O)NC(=O)c2ccc(=O)[nH]c2)cc1. The van der Waals surface area contributed by atoms with Crippen molar-refractivity contribution in [2.75, 3.05) is 0 Å². The van der Waals surface area contributed by atoms with Gasteiger partial charge in [-0.3, -0.25) is 14.4 Å². The maximum Gasteiger partial charge on any atom is 0.305 e. The lowest BCUT2D eigenvalue weighted by molar-refractivity contribution is -0.137. The molecule has 0 aliphatic rings. The van der Waals surface area contributed by atoms with E-state index in [4.69, 9.17) is 5.11 Å². The van der Waals surface area contributed by atoms with E-state index in [0.29, 0.717) is 5.56 Å². The Morgan fingerprint density at radius 2 is 1.86 bits per heavy atom. The minimum Gasteiger partial charge on any atom is -0.481 e. The highest BCUT2D eigenvalue weighted by Gasteiger charge is 2.19. The van der Waals surface area contributed by atoms with Crippen LogP contribution in [0.4, 0.5) is 0 Å². The van der Waals surface area contributed by atoms with Crippen molar-refractivity contribution >= 4 is 11.9 Å². The zero-order chi connectivity index (χ0) is 16.1. The Labute approximate surface area is 126 Å². The van der Waals surface area contributed by atoms with Gasteiger partial charge in [0.2, 0.25) is 5.56 Å². The Hall–Kier alpha value is -2.89. The zero-order valence-corrected chi connectivity index (χ0v) is 12.0. The minimum absolute atomic E-state index is 0.224. The van der Waals surface area contributed by atoms with Gasteiger partial charge in [-0.2, -0.15) is 0 Å². The Balaban J connectivity index is 2.20. The van der Waals surface area contributed by atoms with Crippen LogP contribution in [0.15, 0.2) is 47.4 Å². The first-order valence-corrected chi connectivity index (χ1v) is 6.73. The van der Waals surface area contributed by atoms with Gasteiger partial charge in [0.15, 0.2) is 0 Å². The molecule has 0 saturated heterocycles. The third-order valence-electron chi connectivity index (χ3n) is 3.21. The molecule has 1 aromatic carbocycles. The number of benzene rings is 1. The van der Waals surface area contributed by atoms with Gasteiger partial charge in [-0.15, -0.1) is 0 Å². The van der Waals surface area contributed by atoms with Crippen LogP contribution in [0, 0.1) is 6.92 Å². The topological polar surface area (TPSA) is 99.3 Å². The van der Waals surface area contributed by atoms with E-state index in [1.807, 2.05) is 19.1 Å². The number of nitrogens with one attached hydrogen (secondary N) is 2. The summed E-state index contributed by atoms with van der Waals surface area (Å²) in [6.07, 6.45) is 1.07. The summed E-state index contributed by atoms with van der Waals surface area (Å²) in [6.45, 7) is 1.93. The summed E-state index contributed by atoms with van der Waals surface area (Å²) in [5.74, 6) is -1.45. The largest absolute Gasteiger partial charge is 0.481 e. The zero-order valence-electron chi connectivity index (χ0n) is 12.0. The molecule has 0 fully saturated rings. The predicted octanol–water partition coefficient (Wildman–Crippen LogP) is 1.63. The lowest BCUT2D eigenvalue weighted by Gasteiger charge is -2.17. The first kappa shape index (κ1) is 15.5. The first-order valence-electron chi connectivity index (χ1n) is 6.73. The highest BCUT2D eigenvalue weighted by Crippen LogP contribution is 2.18. The number of aromatic amines is 1. The molecular formula is C16H16N2O4. The van der Waals surface area contributed by atoms with Crippen molar-refractivity contribution in [2.24, 2.45) is 0 Å². The molecule has 114 valence electrons. The molecule has 2 aromatic rings. The molecule has 1 aromatic heterocycles. The first-order chi connectivity index (χ1) is 10.5. The van der Waals surface area contributed by atoms with Crippen LogP contribution in [0.1, 0.15) is 33.9 Å². The second-order valence-corrected chi connectivity index (χ2v) is 4.98. The maximum atomic E-state index is 12.2. The van der Waals surface area contributed by atoms with E-state index in [1.54, 1.807) is 12.1 Å². The highest BCUT2D eigenvalue weighted by atomic mass is 16.4. The molecule has 22 heavy (non-hydrogen) atoms. The molecule has 0 unspecified atom stereocenters. The monoisotopic (exact) mass is 300 g/mol. The van der Waals surface area contributed by atoms with Crippen molar-refractivity contribution in [3.05, 3.63) is 69.6 Å². The smallest absolute Gasteiger partial charge is 0.305 e. The number of aromatic nitrogens is 1. The van der Waals surface area contributed by atoms with Crippen molar-refractivity contribution in [1.29, 1.82) is 0 Å². The van der Waals surface area contributed by atoms with Crippen LogP contribution in [0.5, 0.6) is 0 Å². The number of carbonyl (C=O) groups excluding carboxylic acids is 1. The molecular weight excluding hydrogens is 284 g/mol. The van der Waals surface area contributed by atoms with Crippen molar-refractivity contribution in [3.63, 3.8) is 0 Å². The summed E-state index contributed by atoms with van der Waals surface area (Å²) in [7, 11) is 0. The van der Waals surface area contributed by atoms with E-state index in [2.05, 4.69) is 10.3 Å². The Bertz CT molecular complexity index is 714. The normalized spacial score (nSPS) is 11.7. The summed E-state index contributed by atoms with van der Waals surface area (Å²) >= 11 is 0. The quantitative estimate of drug-likeness (QED) is 0.781. The van der Waals surface area contributed by atoms with Gasteiger partial charge in [0, 0.05) is 12.3 Å². The van der Waals surface area contributed by atoms with Gasteiger partial charge < -0.3 is 15.4 Å². The molecule has 6 heteroatoms. The number of aliphatic carboxylic acids is 1. The van der Waals surface area contributed by atoms with E-state index in [1.165, 1.54) is 18.3 Å². The van der Waals surface area contributed by atoms with E-state index >= 15 is 0 Å². The summed E-state index contributed by atoms with van der Waals surface area (Å²) in [6, 6.07) is 9.28. The number of carboxylic acid groups (broad SMARTS) is 1. The van der Waals surface area contributed by atoms with Crippen LogP contribution in [0.25, 0.3) is 0 Å². The van der Waals surface area contributed by atoms with Gasteiger partial charge in [-0.25, -0.2) is 0 Å². The fraction of sp³-hybridized carbons (Fsp3) is 0.188. The fourth-order valence-corrected chi connectivity index (χ4v) is 2.02. The standard InChI is InChI=1S/C16H16N2O4/c1-10-2-4-11(5-3-10)13(8-15(20)21)18-16(22)12-6-7-14(19)17-9-12/h2-7,9,13H,8H2,1H3,(H,17,19)(H,18,22)(H,20,21)/t13-/m0/s1. The molecule has 0 radical (unpaired) electrons. The van der Waals surface area contributed by atoms with E-state index < -0.39 is 17.9 Å². The number of carbonyl (C=O) groups is 2. The van der Waals surface area contributed by atoms with Gasteiger partial charge in [0.1, 0.15) is 0 Å². The highest BCUT2D eigenvalue weighted by molar-refractivity contribution is 5.94. The molecule has 0 bridgehead atoms. The molecule has 2 rings (SSSR count). The molecule has 1 atom stereocenters. The van der Waals surface area contributed by atoms with Crippen molar-refractivity contribution in [2.45, 2.75) is 19.4 Å². The van der Waals surface area contributed by atoms with E-state index in [0.717, 1.165) is 5.56 Å². The van der Waals surface area contributed by atoms with Crippen molar-refractivity contribution < 1.29 is 14.7 Å². The molecule has 6 nitrogen and oxygen atoms in total. The Kier molecular flexibility index (Phi) is 4.73. The van der Waals surface area contributed by atoms with Gasteiger partial charge in [0.25, 0.3) is 5.91 Å². The lowest BCUT2D eigenvalue weighted by atomic mass is 10.0. The number of amides is 1. The van der Waals surface area contributed by atoms with Crippen LogP contribution in [-0.2, 0) is 4.79 Å². The van der Waals surface area contributed by atoms with Crippen LogP contribution in [0.3, 0.4) is 0 Å². The number of carboxylic acids is 1. The number of hydrogen-bond donors (Lipinski definition) is 3. The second kappa shape index (κ2) is 6.71. The molecule has 0 spiro atoms. The van der Waals surface area contributed by atoms with Crippen molar-refractivity contribution in [3.8, 4) is 0 Å². The predicted molar refractivity (Wildman–Crippen MR) is 80.7 cm³/mol. The van der Waals surface area contributed by atoms with Gasteiger partial charge in [-0.1, -0.05) is 29.8 Å². The lowest BCUT2D eigenvalue weighted by Crippen LogP contribution is -2.30. The second-order valence-electron chi connectivity index (χ2n) is 4.98. The molecule has 0 aliphatic heterocycles. The minimum atomic E-state index is -1.01. The average Bonchev–Trinajstić information content (AvgIpc) is 2.47. The van der Waals surface area contributed by atoms with Crippen LogP contribution in [-0.4, -0.2) is 22.0 Å². The summed E-state index contributed by atoms with van der Waals surface area (Å²) < 4.78 is 0. The molecule has 0 saturated carbocycles. The third kappa shape index (κ3) is 4.05. The van der Waals surface area contributed by atoms with Gasteiger partial charge in [0.05, 0.1) is 18.0 Å². The van der Waals surface area contributed by atoms with Crippen LogP contribution in [0.2, 0.25) is 0 Å². The van der Waals surface area contributed by atoms with Crippen molar-refractivity contribution in [1.82, 2.24) is 10.3 Å². The van der Waals surface area contributed by atoms with Crippen LogP contribution >= 0.6 is 0 Å². The Morgan fingerprint density at radius 3 is 2.41 bits per heavy atom. The maximum absolute atomic E-state index is 12.2. The summed E-state index contributed by atoms with van der Waals surface area (Å²) in [5, 5.41) is 11.7. The number of aryl methyl sites for hydroxylation is 1. The summed E-state index contributed by atoms with van der Waals surface area (Å²) in [4.78, 5) is 36.6. The van der Waals surface area contributed by atoms with Crippen LogP contribution < -0.4 is 10.9 Å². The number of H-pyrrole nitrogens is 1. The van der Waals surface area contributed by atoms with Gasteiger partial charge in [-0.05, 0) is 18.6 Å². The average molecular weight is 300 g/mol. The van der Waals surface area contributed by atoms with Gasteiger partial charge >= 0.3 is 5.97 Å².